The van der Waals surface area contributed by atoms with E-state index in [1.54, 1.807) is 11.2 Å². The Morgan fingerprint density at radius 2 is 2.17 bits per heavy atom. The van der Waals surface area contributed by atoms with Gasteiger partial charge >= 0.3 is 0 Å². The number of thiazole rings is 1. The number of quaternary nitrogens is 2. The number of hydrogen-bond acceptors (Lipinski definition) is 5. The normalized spacial score (nSPS) is 22.9. The molecule has 3 aromatic heterocycles. The number of nitrogens with one attached hydrogen (secondary N) is 2. The Morgan fingerprint density at radius 1 is 1.38 bits per heavy atom. The number of rotatable bonds is 4. The van der Waals surface area contributed by atoms with Crippen molar-refractivity contribution < 1.29 is 19.3 Å². The molecular weight excluding hydrogens is 326 g/mol. The highest BCUT2D eigenvalue weighted by molar-refractivity contribution is 7.17. The zero-order valence-electron chi connectivity index (χ0n) is 14.0. The fraction of sp³-hybridized carbons (Fsp3) is 0.500. The van der Waals surface area contributed by atoms with Crippen LogP contribution in [0.25, 0.3) is 4.96 Å². The quantitative estimate of drug-likeness (QED) is 0.582. The van der Waals surface area contributed by atoms with Crippen LogP contribution in [0.5, 0.6) is 5.88 Å². The van der Waals surface area contributed by atoms with E-state index in [0.717, 1.165) is 41.8 Å². The second-order valence-corrected chi connectivity index (χ2v) is 7.36. The van der Waals surface area contributed by atoms with E-state index in [1.807, 2.05) is 19.1 Å². The first-order chi connectivity index (χ1) is 11.7. The minimum Gasteiger partial charge on any atom is -0.492 e. The Bertz CT molecular complexity index is 817. The molecule has 3 N–H and O–H groups in total. The third-order valence-corrected chi connectivity index (χ3v) is 5.99. The van der Waals surface area contributed by atoms with Gasteiger partial charge in [-0.3, -0.25) is 0 Å². The maximum Gasteiger partial charge on any atom is 0.235 e. The molecule has 1 aliphatic heterocycles. The van der Waals surface area contributed by atoms with Crippen LogP contribution in [0.4, 0.5) is 0 Å². The second-order valence-electron chi connectivity index (χ2n) is 6.35. The van der Waals surface area contributed by atoms with Gasteiger partial charge in [0.2, 0.25) is 10.8 Å². The summed E-state index contributed by atoms with van der Waals surface area (Å²) in [5, 5.41) is 15.0. The molecule has 1 saturated heterocycles. The van der Waals surface area contributed by atoms with Gasteiger partial charge in [-0.1, -0.05) is 11.3 Å². The van der Waals surface area contributed by atoms with Crippen molar-refractivity contribution in [3.8, 4) is 5.88 Å². The van der Waals surface area contributed by atoms with Gasteiger partial charge in [-0.15, -0.1) is 5.10 Å². The average Bonchev–Trinajstić information content (AvgIpc) is 3.29. The number of furan rings is 1. The molecule has 128 valence electrons. The zero-order chi connectivity index (χ0) is 16.7. The third kappa shape index (κ3) is 2.60. The van der Waals surface area contributed by atoms with Gasteiger partial charge in [0.1, 0.15) is 36.9 Å². The topological polar surface area (TPSA) is 72.4 Å². The summed E-state index contributed by atoms with van der Waals surface area (Å²) in [7, 11) is 0. The minimum atomic E-state index is -0.00721. The van der Waals surface area contributed by atoms with Crippen LogP contribution in [-0.4, -0.2) is 52.4 Å². The summed E-state index contributed by atoms with van der Waals surface area (Å²) in [5.41, 5.74) is 0. The SMILES string of the molecule is CC[NH+]1CC[NH+]([C@@H](c2ccco2)c2sc3nc(C)nn3c2O)CC1. The smallest absolute Gasteiger partial charge is 0.235 e. The van der Waals surface area contributed by atoms with Crippen molar-refractivity contribution >= 4 is 16.3 Å². The van der Waals surface area contributed by atoms with Gasteiger partial charge in [0, 0.05) is 0 Å². The second kappa shape index (κ2) is 6.19. The largest absolute Gasteiger partial charge is 0.492 e. The summed E-state index contributed by atoms with van der Waals surface area (Å²) >= 11 is 1.50. The van der Waals surface area contributed by atoms with Crippen molar-refractivity contribution in [2.45, 2.75) is 19.9 Å². The molecule has 8 heteroatoms. The number of nitrogens with zero attached hydrogens (tertiary/aromatic N) is 3. The molecule has 3 aromatic rings. The Balaban J connectivity index is 1.72. The lowest BCUT2D eigenvalue weighted by molar-refractivity contribution is -1.02. The molecule has 0 unspecified atom stereocenters. The molecule has 0 saturated carbocycles. The van der Waals surface area contributed by atoms with Crippen molar-refractivity contribution in [2.75, 3.05) is 32.7 Å². The number of aromatic hydroxyl groups is 1. The molecule has 1 fully saturated rings. The summed E-state index contributed by atoms with van der Waals surface area (Å²) in [6, 6.07) is 3.90. The lowest BCUT2D eigenvalue weighted by atomic mass is 10.1. The number of fused-ring (bicyclic) bond motifs is 1. The van der Waals surface area contributed by atoms with Gasteiger partial charge < -0.3 is 19.3 Å². The van der Waals surface area contributed by atoms with E-state index in [0.29, 0.717) is 5.82 Å². The molecule has 24 heavy (non-hydrogen) atoms. The molecule has 0 radical (unpaired) electrons. The molecule has 4 rings (SSSR count). The first-order valence-corrected chi connectivity index (χ1v) is 9.25. The number of piperazine rings is 1. The van der Waals surface area contributed by atoms with Gasteiger partial charge in [-0.25, -0.2) is 4.98 Å². The van der Waals surface area contributed by atoms with E-state index in [9.17, 15) is 5.11 Å². The highest BCUT2D eigenvalue weighted by Gasteiger charge is 2.37. The summed E-state index contributed by atoms with van der Waals surface area (Å²) < 4.78 is 7.27. The van der Waals surface area contributed by atoms with Gasteiger partial charge in [0.05, 0.1) is 12.8 Å². The number of likely N-dealkylation sites (N-methyl/N-ethyl adjacent to an activating group) is 1. The van der Waals surface area contributed by atoms with E-state index >= 15 is 0 Å². The monoisotopic (exact) mass is 349 g/mol. The Morgan fingerprint density at radius 3 is 2.79 bits per heavy atom. The molecular formula is C16H23N5O2S+2. The van der Waals surface area contributed by atoms with Crippen LogP contribution in [0.3, 0.4) is 0 Å². The van der Waals surface area contributed by atoms with Gasteiger partial charge in [-0.05, 0) is 26.0 Å². The Hall–Kier alpha value is -1.90. The number of aromatic nitrogens is 3. The highest BCUT2D eigenvalue weighted by Crippen LogP contribution is 2.35. The van der Waals surface area contributed by atoms with Crippen LogP contribution < -0.4 is 9.80 Å². The van der Waals surface area contributed by atoms with Crippen LogP contribution in [0, 0.1) is 6.92 Å². The predicted octanol–water partition coefficient (Wildman–Crippen LogP) is -0.709. The van der Waals surface area contributed by atoms with Crippen molar-refractivity contribution in [3.05, 3.63) is 34.9 Å². The molecule has 4 heterocycles. The average molecular weight is 349 g/mol. The lowest BCUT2D eigenvalue weighted by Gasteiger charge is -2.32. The third-order valence-electron chi connectivity index (χ3n) is 4.90. The maximum absolute atomic E-state index is 10.7. The van der Waals surface area contributed by atoms with Gasteiger partial charge in [0.25, 0.3) is 0 Å². The van der Waals surface area contributed by atoms with E-state index in [1.165, 1.54) is 27.3 Å². The molecule has 1 atom stereocenters. The summed E-state index contributed by atoms with van der Waals surface area (Å²) in [6.07, 6.45) is 1.70. The minimum absolute atomic E-state index is 0.00721. The molecule has 1 aliphatic rings. The van der Waals surface area contributed by atoms with E-state index in [2.05, 4.69) is 17.0 Å². The molecule has 7 nitrogen and oxygen atoms in total. The van der Waals surface area contributed by atoms with Crippen LogP contribution in [0.1, 0.15) is 29.4 Å². The first kappa shape index (κ1) is 15.6. The maximum atomic E-state index is 10.7. The molecule has 0 spiro atoms. The highest BCUT2D eigenvalue weighted by atomic mass is 32.1. The predicted molar refractivity (Wildman–Crippen MR) is 89.8 cm³/mol. The molecule has 0 aromatic carbocycles. The lowest BCUT2D eigenvalue weighted by Crippen LogP contribution is -3.28. The molecule has 0 aliphatic carbocycles. The van der Waals surface area contributed by atoms with Crippen molar-refractivity contribution in [1.29, 1.82) is 0 Å². The van der Waals surface area contributed by atoms with Gasteiger partial charge in [-0.2, -0.15) is 4.52 Å². The number of hydrogen-bond donors (Lipinski definition) is 3. The summed E-state index contributed by atoms with van der Waals surface area (Å²) in [4.78, 5) is 9.08. The Labute approximate surface area is 144 Å². The first-order valence-electron chi connectivity index (χ1n) is 8.44. The fourth-order valence-corrected chi connectivity index (χ4v) is 4.74. The van der Waals surface area contributed by atoms with E-state index in [-0.39, 0.29) is 11.9 Å². The van der Waals surface area contributed by atoms with Gasteiger partial charge in [0.15, 0.2) is 11.8 Å². The van der Waals surface area contributed by atoms with Crippen LogP contribution in [0.15, 0.2) is 22.8 Å². The number of aryl methyl sites for hydroxylation is 1. The van der Waals surface area contributed by atoms with Crippen LogP contribution >= 0.6 is 11.3 Å². The van der Waals surface area contributed by atoms with E-state index < -0.39 is 0 Å². The van der Waals surface area contributed by atoms with Crippen LogP contribution in [-0.2, 0) is 0 Å². The zero-order valence-corrected chi connectivity index (χ0v) is 14.8. The molecule has 0 amide bonds. The standard InChI is InChI=1S/C16H21N5O2S/c1-3-19-6-8-20(9-7-19)13(12-5-4-10-23-12)14-15(22)21-16(24-14)17-11(2)18-21/h4-5,10,13,22H,3,6-9H2,1-2H3/p+2/t13-/m0/s1. The Kier molecular flexibility index (Phi) is 4.03. The molecule has 0 bridgehead atoms. The summed E-state index contributed by atoms with van der Waals surface area (Å²) in [6.45, 7) is 9.63. The van der Waals surface area contributed by atoms with Crippen molar-refractivity contribution in [1.82, 2.24) is 14.6 Å². The van der Waals surface area contributed by atoms with E-state index in [4.69, 9.17) is 4.42 Å². The fourth-order valence-electron chi connectivity index (χ4n) is 3.57. The van der Waals surface area contributed by atoms with Crippen molar-refractivity contribution in [3.63, 3.8) is 0 Å². The van der Waals surface area contributed by atoms with Crippen molar-refractivity contribution in [2.24, 2.45) is 0 Å². The van der Waals surface area contributed by atoms with Crippen LogP contribution in [0.2, 0.25) is 0 Å². The summed E-state index contributed by atoms with van der Waals surface area (Å²) in [5.74, 6) is 1.75.